The highest BCUT2D eigenvalue weighted by Crippen LogP contribution is 2.23. The molecule has 9 heteroatoms. The molecular weight excluding hydrogens is 406 g/mol. The molecule has 4 aromatic rings. The van der Waals surface area contributed by atoms with Gasteiger partial charge in [-0.25, -0.2) is 9.97 Å². The summed E-state index contributed by atoms with van der Waals surface area (Å²) in [7, 11) is 1.75. The molecule has 0 saturated carbocycles. The predicted molar refractivity (Wildman–Crippen MR) is 121 cm³/mol. The second kappa shape index (κ2) is 8.33. The number of hydrogen-bond donors (Lipinski definition) is 0. The fraction of sp³-hybridized carbons (Fsp3) is 0.304. The van der Waals surface area contributed by atoms with Gasteiger partial charge in [-0.15, -0.1) is 0 Å². The molecule has 1 fully saturated rings. The zero-order chi connectivity index (χ0) is 22.1. The average molecular weight is 429 g/mol. The van der Waals surface area contributed by atoms with E-state index in [4.69, 9.17) is 0 Å². The molecule has 9 nitrogen and oxygen atoms in total. The molecule has 1 aliphatic heterocycles. The fourth-order valence-electron chi connectivity index (χ4n) is 4.21. The Morgan fingerprint density at radius 3 is 2.62 bits per heavy atom. The van der Waals surface area contributed by atoms with E-state index in [1.165, 1.54) is 0 Å². The van der Waals surface area contributed by atoms with Crippen molar-refractivity contribution in [2.45, 2.75) is 19.4 Å². The summed E-state index contributed by atoms with van der Waals surface area (Å²) in [6.45, 7) is 2.15. The van der Waals surface area contributed by atoms with Crippen LogP contribution in [0.4, 0.5) is 5.95 Å². The van der Waals surface area contributed by atoms with Crippen LogP contribution in [0, 0.1) is 5.92 Å². The Bertz CT molecular complexity index is 1370. The van der Waals surface area contributed by atoms with Crippen molar-refractivity contribution in [3.8, 4) is 11.3 Å². The first-order valence-electron chi connectivity index (χ1n) is 10.6. The molecule has 0 spiro atoms. The number of rotatable bonds is 4. The van der Waals surface area contributed by atoms with E-state index in [0.29, 0.717) is 35.1 Å². The molecule has 0 bridgehead atoms. The van der Waals surface area contributed by atoms with Gasteiger partial charge in [0.1, 0.15) is 0 Å². The quantitative estimate of drug-likeness (QED) is 0.488. The molecule has 1 saturated heterocycles. The van der Waals surface area contributed by atoms with Crippen molar-refractivity contribution in [1.29, 1.82) is 0 Å². The summed E-state index contributed by atoms with van der Waals surface area (Å²) in [5.74, 6) is 0.991. The predicted octanol–water partition coefficient (Wildman–Crippen LogP) is 1.86. The zero-order valence-electron chi connectivity index (χ0n) is 17.8. The summed E-state index contributed by atoms with van der Waals surface area (Å²) in [4.78, 5) is 44.8. The molecule has 0 aromatic carbocycles. The minimum Gasteiger partial charge on any atom is -0.342 e. The van der Waals surface area contributed by atoms with Gasteiger partial charge in [0.05, 0.1) is 17.4 Å². The van der Waals surface area contributed by atoms with Crippen molar-refractivity contribution in [3.63, 3.8) is 0 Å². The molecule has 0 aliphatic carbocycles. The Labute approximate surface area is 184 Å². The van der Waals surface area contributed by atoms with Crippen LogP contribution in [-0.2, 0) is 13.6 Å². The molecule has 0 N–H and O–H groups in total. The largest absolute Gasteiger partial charge is 0.342 e. The van der Waals surface area contributed by atoms with Gasteiger partial charge < -0.3 is 4.90 Å². The van der Waals surface area contributed by atoms with Crippen molar-refractivity contribution < 1.29 is 0 Å². The van der Waals surface area contributed by atoms with Crippen LogP contribution in [0.25, 0.3) is 22.3 Å². The second-order valence-corrected chi connectivity index (χ2v) is 8.09. The Balaban J connectivity index is 1.29. The van der Waals surface area contributed by atoms with E-state index in [1.54, 1.807) is 59.3 Å². The molecule has 4 aromatic heterocycles. The Kier molecular flexibility index (Phi) is 5.22. The number of pyridine rings is 2. The molecule has 1 aliphatic rings. The average Bonchev–Trinajstić information content (AvgIpc) is 2.84. The molecule has 5 rings (SSSR count). The third-order valence-corrected chi connectivity index (χ3v) is 6.02. The van der Waals surface area contributed by atoms with Crippen LogP contribution >= 0.6 is 0 Å². The van der Waals surface area contributed by atoms with Crippen LogP contribution in [0.3, 0.4) is 0 Å². The lowest BCUT2D eigenvalue weighted by Crippen LogP contribution is -2.39. The first-order chi connectivity index (χ1) is 15.6. The summed E-state index contributed by atoms with van der Waals surface area (Å²) in [6.07, 6.45) is 8.46. The van der Waals surface area contributed by atoms with Crippen molar-refractivity contribution in [1.82, 2.24) is 29.1 Å². The molecular formula is C23H23N7O2. The monoisotopic (exact) mass is 429 g/mol. The lowest BCUT2D eigenvalue weighted by molar-refractivity contribution is 0.348. The molecule has 5 heterocycles. The number of aromatic nitrogens is 6. The summed E-state index contributed by atoms with van der Waals surface area (Å²) < 4.78 is 3.27. The van der Waals surface area contributed by atoms with Crippen LogP contribution in [0.2, 0.25) is 0 Å². The number of anilines is 1. The maximum atomic E-state index is 12.7. The van der Waals surface area contributed by atoms with Gasteiger partial charge in [-0.05, 0) is 43.0 Å². The minimum atomic E-state index is -0.0912. The lowest BCUT2D eigenvalue weighted by atomic mass is 9.97. The van der Waals surface area contributed by atoms with Gasteiger partial charge in [-0.3, -0.25) is 23.7 Å². The Morgan fingerprint density at radius 2 is 1.88 bits per heavy atom. The van der Waals surface area contributed by atoms with E-state index in [1.807, 2.05) is 12.1 Å². The molecule has 0 radical (unpaired) electrons. The normalized spacial score (nSPS) is 14.7. The van der Waals surface area contributed by atoms with Crippen LogP contribution in [0.15, 0.2) is 64.8 Å². The highest BCUT2D eigenvalue weighted by molar-refractivity contribution is 5.74. The molecule has 0 atom stereocenters. The Morgan fingerprint density at radius 1 is 1.06 bits per heavy atom. The third kappa shape index (κ3) is 3.77. The molecule has 162 valence electrons. The van der Waals surface area contributed by atoms with Crippen LogP contribution in [0.1, 0.15) is 12.8 Å². The van der Waals surface area contributed by atoms with Crippen LogP contribution in [0.5, 0.6) is 0 Å². The van der Waals surface area contributed by atoms with Gasteiger partial charge in [0.15, 0.2) is 5.65 Å². The SMILES string of the molecule is Cn1c(N2CCC(Cn3cnc(-c4cccnc4)cc3=O)CC2)nc2ncccc2c1=O. The lowest BCUT2D eigenvalue weighted by Gasteiger charge is -2.33. The van der Waals surface area contributed by atoms with E-state index < -0.39 is 0 Å². The van der Waals surface area contributed by atoms with Gasteiger partial charge in [0, 0.05) is 56.9 Å². The third-order valence-electron chi connectivity index (χ3n) is 6.02. The summed E-state index contributed by atoms with van der Waals surface area (Å²) in [5.41, 5.74) is 1.77. The van der Waals surface area contributed by atoms with Gasteiger partial charge >= 0.3 is 0 Å². The van der Waals surface area contributed by atoms with Crippen molar-refractivity contribution in [2.24, 2.45) is 13.0 Å². The van der Waals surface area contributed by atoms with E-state index in [2.05, 4.69) is 24.8 Å². The van der Waals surface area contributed by atoms with E-state index in [0.717, 1.165) is 31.5 Å². The number of fused-ring (bicyclic) bond motifs is 1. The molecule has 0 unspecified atom stereocenters. The topological polar surface area (TPSA) is 98.8 Å². The first-order valence-corrected chi connectivity index (χ1v) is 10.6. The fourth-order valence-corrected chi connectivity index (χ4v) is 4.21. The highest BCUT2D eigenvalue weighted by atomic mass is 16.1. The van der Waals surface area contributed by atoms with Crippen molar-refractivity contribution in [2.75, 3.05) is 18.0 Å². The maximum Gasteiger partial charge on any atom is 0.264 e. The highest BCUT2D eigenvalue weighted by Gasteiger charge is 2.23. The minimum absolute atomic E-state index is 0.0639. The summed E-state index contributed by atoms with van der Waals surface area (Å²) in [6, 6.07) is 8.77. The zero-order valence-corrected chi connectivity index (χ0v) is 17.8. The van der Waals surface area contributed by atoms with E-state index in [9.17, 15) is 9.59 Å². The van der Waals surface area contributed by atoms with E-state index in [-0.39, 0.29) is 11.1 Å². The van der Waals surface area contributed by atoms with Gasteiger partial charge in [0.2, 0.25) is 5.95 Å². The second-order valence-electron chi connectivity index (χ2n) is 8.09. The van der Waals surface area contributed by atoms with Gasteiger partial charge in [0.25, 0.3) is 11.1 Å². The molecule has 32 heavy (non-hydrogen) atoms. The Hall–Kier alpha value is -3.88. The summed E-state index contributed by atoms with van der Waals surface area (Å²) in [5, 5.41) is 0.523. The van der Waals surface area contributed by atoms with Crippen LogP contribution < -0.4 is 16.0 Å². The van der Waals surface area contributed by atoms with Crippen LogP contribution in [-0.4, -0.2) is 42.2 Å². The standard InChI is InChI=1S/C23H23N7O2/c1-28-22(32)18-5-3-9-25-21(18)27-23(28)29-10-6-16(7-11-29)14-30-15-26-19(12-20(30)31)17-4-2-8-24-13-17/h2-5,8-9,12-13,15-16H,6-7,10-11,14H2,1H3. The van der Waals surface area contributed by atoms with E-state index >= 15 is 0 Å². The molecule has 0 amide bonds. The number of hydrogen-bond acceptors (Lipinski definition) is 7. The van der Waals surface area contributed by atoms with Gasteiger partial charge in [-0.1, -0.05) is 0 Å². The summed E-state index contributed by atoms with van der Waals surface area (Å²) >= 11 is 0. The maximum absolute atomic E-state index is 12.7. The van der Waals surface area contributed by atoms with Gasteiger partial charge in [-0.2, -0.15) is 4.98 Å². The number of piperidine rings is 1. The van der Waals surface area contributed by atoms with Crippen molar-refractivity contribution in [3.05, 3.63) is 76.0 Å². The first kappa shape index (κ1) is 20.0. The smallest absolute Gasteiger partial charge is 0.264 e. The number of nitrogens with zero attached hydrogens (tertiary/aromatic N) is 7. The van der Waals surface area contributed by atoms with Crippen molar-refractivity contribution >= 4 is 17.0 Å².